The number of nitrogens with two attached hydrogens (primary N) is 1. The summed E-state index contributed by atoms with van der Waals surface area (Å²) in [5.74, 6) is -0.0805. The van der Waals surface area contributed by atoms with E-state index in [0.29, 0.717) is 22.9 Å². The average molecular weight is 312 g/mol. The molecule has 0 saturated heterocycles. The van der Waals surface area contributed by atoms with Crippen molar-refractivity contribution in [1.29, 1.82) is 0 Å². The smallest absolute Gasteiger partial charge is 0.263 e. The van der Waals surface area contributed by atoms with Gasteiger partial charge in [0.05, 0.1) is 11.3 Å². The number of nitrogens with zero attached hydrogens (tertiary/aromatic N) is 1. The van der Waals surface area contributed by atoms with Crippen LogP contribution in [0.4, 0.5) is 10.7 Å². The average Bonchev–Trinajstić information content (AvgIpc) is 2.75. The molecule has 1 heterocycles. The van der Waals surface area contributed by atoms with E-state index >= 15 is 0 Å². The fraction of sp³-hybridized carbons (Fsp3) is 0.571. The quantitative estimate of drug-likeness (QED) is 0.743. The van der Waals surface area contributed by atoms with Crippen LogP contribution in [0.3, 0.4) is 0 Å². The van der Waals surface area contributed by atoms with Crippen molar-refractivity contribution in [3.8, 4) is 0 Å². The lowest BCUT2D eigenvalue weighted by Crippen LogP contribution is -2.26. The largest absolute Gasteiger partial charge is 0.397 e. The van der Waals surface area contributed by atoms with E-state index in [2.05, 4.69) is 24.5 Å². The van der Waals surface area contributed by atoms with Gasteiger partial charge in [-0.1, -0.05) is 13.8 Å². The number of carbonyl (C=O) groups excluding carboxylic acids is 2. The second-order valence-electron chi connectivity index (χ2n) is 5.24. The molecule has 6 nitrogen and oxygen atoms in total. The molecule has 2 amide bonds. The molecule has 1 rings (SSSR count). The summed E-state index contributed by atoms with van der Waals surface area (Å²) in [5.41, 5.74) is 6.67. The summed E-state index contributed by atoms with van der Waals surface area (Å²) in [7, 11) is 3.46. The Morgan fingerprint density at radius 2 is 1.95 bits per heavy atom. The van der Waals surface area contributed by atoms with Crippen molar-refractivity contribution in [1.82, 2.24) is 10.6 Å². The summed E-state index contributed by atoms with van der Waals surface area (Å²) in [6.07, 6.45) is 0. The molecule has 0 bridgehead atoms. The van der Waals surface area contributed by atoms with E-state index in [1.165, 1.54) is 11.3 Å². The van der Waals surface area contributed by atoms with Gasteiger partial charge in [0.1, 0.15) is 9.88 Å². The first kappa shape index (κ1) is 17.3. The number of thiophene rings is 1. The Morgan fingerprint density at radius 3 is 2.43 bits per heavy atom. The second-order valence-corrected chi connectivity index (χ2v) is 6.24. The van der Waals surface area contributed by atoms with Gasteiger partial charge in [0.25, 0.3) is 11.8 Å². The van der Waals surface area contributed by atoms with Crippen molar-refractivity contribution in [2.24, 2.45) is 5.92 Å². The molecule has 0 aliphatic heterocycles. The third kappa shape index (κ3) is 3.87. The normalized spacial score (nSPS) is 10.6. The Morgan fingerprint density at radius 1 is 1.33 bits per heavy atom. The Bertz CT molecular complexity index is 525. The lowest BCUT2D eigenvalue weighted by molar-refractivity contribution is 0.0959. The molecule has 4 N–H and O–H groups in total. The van der Waals surface area contributed by atoms with Crippen LogP contribution in [0, 0.1) is 5.92 Å². The van der Waals surface area contributed by atoms with E-state index < -0.39 is 0 Å². The number of hydrogen-bond acceptors (Lipinski definition) is 5. The molecular weight excluding hydrogens is 288 g/mol. The zero-order valence-corrected chi connectivity index (χ0v) is 14.1. The standard InChI is InChI=1S/C14H24N4O2S/c1-6-17-13(20)11-10(15)9(12(19)16-4)14(21-11)18(5)7-8(2)3/h8H,6-7,15H2,1-5H3,(H,16,19)(H,17,20). The molecule has 0 aromatic carbocycles. The molecule has 0 atom stereocenters. The summed E-state index contributed by atoms with van der Waals surface area (Å²) in [4.78, 5) is 26.5. The van der Waals surface area contributed by atoms with Gasteiger partial charge in [0.15, 0.2) is 0 Å². The van der Waals surface area contributed by atoms with E-state index in [1.807, 2.05) is 18.9 Å². The highest BCUT2D eigenvalue weighted by Crippen LogP contribution is 2.38. The fourth-order valence-corrected chi connectivity index (χ4v) is 3.19. The maximum Gasteiger partial charge on any atom is 0.263 e. The van der Waals surface area contributed by atoms with Gasteiger partial charge in [-0.3, -0.25) is 9.59 Å². The highest BCUT2D eigenvalue weighted by Gasteiger charge is 2.26. The highest BCUT2D eigenvalue weighted by atomic mass is 32.1. The first-order chi connectivity index (χ1) is 9.83. The SMILES string of the molecule is CCNC(=O)c1sc(N(C)CC(C)C)c(C(=O)NC)c1N. The van der Waals surface area contributed by atoms with Gasteiger partial charge < -0.3 is 21.3 Å². The first-order valence-corrected chi connectivity index (χ1v) is 7.78. The summed E-state index contributed by atoms with van der Waals surface area (Å²) >= 11 is 1.26. The van der Waals surface area contributed by atoms with Crippen molar-refractivity contribution in [3.05, 3.63) is 10.4 Å². The van der Waals surface area contributed by atoms with Crippen molar-refractivity contribution >= 4 is 33.8 Å². The number of hydrogen-bond donors (Lipinski definition) is 3. The number of anilines is 2. The first-order valence-electron chi connectivity index (χ1n) is 6.97. The molecule has 0 spiro atoms. The van der Waals surface area contributed by atoms with Gasteiger partial charge in [-0.15, -0.1) is 11.3 Å². The van der Waals surface area contributed by atoms with Crippen LogP contribution in [0.1, 0.15) is 40.8 Å². The maximum absolute atomic E-state index is 12.1. The Kier molecular flexibility index (Phi) is 6.02. The number of rotatable bonds is 6. The van der Waals surface area contributed by atoms with Gasteiger partial charge in [-0.2, -0.15) is 0 Å². The maximum atomic E-state index is 12.1. The Labute approximate surface area is 129 Å². The zero-order valence-electron chi connectivity index (χ0n) is 13.2. The van der Waals surface area contributed by atoms with Crippen molar-refractivity contribution in [2.75, 3.05) is 37.8 Å². The third-order valence-corrected chi connectivity index (χ3v) is 4.23. The number of amides is 2. The lowest BCUT2D eigenvalue weighted by atomic mass is 10.2. The molecule has 118 valence electrons. The molecule has 0 unspecified atom stereocenters. The van der Waals surface area contributed by atoms with Gasteiger partial charge in [-0.05, 0) is 12.8 Å². The van der Waals surface area contributed by atoms with Crippen LogP contribution >= 0.6 is 11.3 Å². The Hall–Kier alpha value is -1.76. The molecule has 7 heteroatoms. The molecule has 0 aliphatic rings. The number of nitrogen functional groups attached to an aromatic ring is 1. The van der Waals surface area contributed by atoms with E-state index in [-0.39, 0.29) is 17.5 Å². The van der Waals surface area contributed by atoms with E-state index in [1.54, 1.807) is 7.05 Å². The molecular formula is C14H24N4O2S. The van der Waals surface area contributed by atoms with Crippen LogP contribution in [-0.2, 0) is 0 Å². The van der Waals surface area contributed by atoms with E-state index in [0.717, 1.165) is 11.5 Å². The summed E-state index contributed by atoms with van der Waals surface area (Å²) < 4.78 is 0. The molecule has 1 aromatic rings. The van der Waals surface area contributed by atoms with Crippen LogP contribution in [0.25, 0.3) is 0 Å². The van der Waals surface area contributed by atoms with Gasteiger partial charge in [-0.25, -0.2) is 0 Å². The minimum Gasteiger partial charge on any atom is -0.397 e. The third-order valence-electron chi connectivity index (χ3n) is 2.91. The number of carbonyl (C=O) groups is 2. The molecule has 0 radical (unpaired) electrons. The van der Waals surface area contributed by atoms with Gasteiger partial charge in [0.2, 0.25) is 0 Å². The molecule has 21 heavy (non-hydrogen) atoms. The molecule has 0 aliphatic carbocycles. The van der Waals surface area contributed by atoms with Crippen LogP contribution in [0.15, 0.2) is 0 Å². The lowest BCUT2D eigenvalue weighted by Gasteiger charge is -2.21. The summed E-state index contributed by atoms with van der Waals surface area (Å²) in [6.45, 7) is 7.32. The number of nitrogens with one attached hydrogen (secondary N) is 2. The second kappa shape index (κ2) is 7.31. The molecule has 1 aromatic heterocycles. The van der Waals surface area contributed by atoms with Crippen LogP contribution in [0.5, 0.6) is 0 Å². The van der Waals surface area contributed by atoms with Gasteiger partial charge >= 0.3 is 0 Å². The molecule has 0 fully saturated rings. The van der Waals surface area contributed by atoms with Crippen LogP contribution in [0.2, 0.25) is 0 Å². The fourth-order valence-electron chi connectivity index (χ4n) is 2.08. The minimum absolute atomic E-state index is 0.241. The summed E-state index contributed by atoms with van der Waals surface area (Å²) in [5, 5.41) is 6.03. The monoisotopic (exact) mass is 312 g/mol. The molecule has 0 saturated carbocycles. The van der Waals surface area contributed by atoms with E-state index in [9.17, 15) is 9.59 Å². The highest BCUT2D eigenvalue weighted by molar-refractivity contribution is 7.19. The Balaban J connectivity index is 3.30. The summed E-state index contributed by atoms with van der Waals surface area (Å²) in [6, 6.07) is 0. The van der Waals surface area contributed by atoms with Crippen molar-refractivity contribution in [3.63, 3.8) is 0 Å². The minimum atomic E-state index is -0.273. The van der Waals surface area contributed by atoms with Crippen molar-refractivity contribution in [2.45, 2.75) is 20.8 Å². The van der Waals surface area contributed by atoms with Gasteiger partial charge in [0, 0.05) is 27.2 Å². The predicted molar refractivity (Wildman–Crippen MR) is 88.2 cm³/mol. The van der Waals surface area contributed by atoms with Crippen molar-refractivity contribution < 1.29 is 9.59 Å². The van der Waals surface area contributed by atoms with E-state index in [4.69, 9.17) is 5.73 Å². The zero-order chi connectivity index (χ0) is 16.2. The predicted octanol–water partition coefficient (Wildman–Crippen LogP) is 1.53. The van der Waals surface area contributed by atoms with Crippen LogP contribution < -0.4 is 21.3 Å². The van der Waals surface area contributed by atoms with Crippen LogP contribution in [-0.4, -0.2) is 39.0 Å². The topological polar surface area (TPSA) is 87.5 Å².